The van der Waals surface area contributed by atoms with Gasteiger partial charge in [-0.3, -0.25) is 4.98 Å². The van der Waals surface area contributed by atoms with E-state index in [0.717, 1.165) is 25.2 Å². The summed E-state index contributed by atoms with van der Waals surface area (Å²) in [6, 6.07) is 2.35. The molecule has 1 aromatic heterocycles. The Balaban J connectivity index is 2.47. The Bertz CT molecular complexity index is 429. The number of pyridine rings is 1. The normalized spacial score (nSPS) is 17.9. The van der Waals surface area contributed by atoms with Gasteiger partial charge in [0.05, 0.1) is 17.5 Å². The minimum atomic E-state index is 0.0694. The third-order valence-corrected chi connectivity index (χ3v) is 3.79. The van der Waals surface area contributed by atoms with Crippen LogP contribution in [0.1, 0.15) is 55.3 Å². The van der Waals surface area contributed by atoms with E-state index in [1.54, 1.807) is 7.11 Å². The predicted molar refractivity (Wildman–Crippen MR) is 73.8 cm³/mol. The smallest absolute Gasteiger partial charge is 0.0965 e. The summed E-state index contributed by atoms with van der Waals surface area (Å²) in [5, 5.41) is 0. The van der Waals surface area contributed by atoms with Gasteiger partial charge in [-0.2, -0.15) is 0 Å². The fraction of sp³-hybridized carbons (Fsp3) is 0.667. The molecule has 0 aromatic carbocycles. The molecule has 1 aromatic rings. The van der Waals surface area contributed by atoms with Crippen LogP contribution >= 0.6 is 0 Å². The summed E-state index contributed by atoms with van der Waals surface area (Å²) in [6.07, 6.45) is 1.18. The van der Waals surface area contributed by atoms with Crippen LogP contribution in [0.25, 0.3) is 0 Å². The third kappa shape index (κ3) is 2.57. The maximum Gasteiger partial charge on any atom is 0.0965 e. The standard InChI is InChI=1S/C15H24N2O/c1-10(2)13-8-12-6-7-17(4)9-14(12)16-15(13)11(3)18-5/h8,10-11H,6-7,9H2,1-5H3. The molecule has 0 spiro atoms. The molecule has 1 unspecified atom stereocenters. The lowest BCUT2D eigenvalue weighted by atomic mass is 9.93. The summed E-state index contributed by atoms with van der Waals surface area (Å²) in [4.78, 5) is 7.21. The van der Waals surface area contributed by atoms with Crippen LogP contribution in [0.3, 0.4) is 0 Å². The van der Waals surface area contributed by atoms with Crippen molar-refractivity contribution >= 4 is 0 Å². The Morgan fingerprint density at radius 2 is 2.06 bits per heavy atom. The van der Waals surface area contributed by atoms with Crippen LogP contribution in [0, 0.1) is 0 Å². The molecule has 0 amide bonds. The molecule has 3 nitrogen and oxygen atoms in total. The van der Waals surface area contributed by atoms with Crippen molar-refractivity contribution in [1.29, 1.82) is 0 Å². The van der Waals surface area contributed by atoms with Crippen molar-refractivity contribution in [1.82, 2.24) is 9.88 Å². The van der Waals surface area contributed by atoms with E-state index < -0.39 is 0 Å². The van der Waals surface area contributed by atoms with Gasteiger partial charge in [0.2, 0.25) is 0 Å². The summed E-state index contributed by atoms with van der Waals surface area (Å²) in [5.74, 6) is 0.495. The third-order valence-electron chi connectivity index (χ3n) is 3.79. The number of nitrogens with zero attached hydrogens (tertiary/aromatic N) is 2. The molecule has 0 aliphatic carbocycles. The lowest BCUT2D eigenvalue weighted by Crippen LogP contribution is -2.28. The van der Waals surface area contributed by atoms with Gasteiger partial charge >= 0.3 is 0 Å². The molecular weight excluding hydrogens is 224 g/mol. The van der Waals surface area contributed by atoms with E-state index in [0.29, 0.717) is 5.92 Å². The van der Waals surface area contributed by atoms with Gasteiger partial charge in [-0.25, -0.2) is 0 Å². The van der Waals surface area contributed by atoms with Crippen molar-refractivity contribution in [2.75, 3.05) is 20.7 Å². The molecule has 1 atom stereocenters. The van der Waals surface area contributed by atoms with E-state index in [9.17, 15) is 0 Å². The summed E-state index contributed by atoms with van der Waals surface area (Å²) in [7, 11) is 3.91. The Morgan fingerprint density at radius 3 is 2.67 bits per heavy atom. The number of fused-ring (bicyclic) bond motifs is 1. The number of likely N-dealkylation sites (N-methyl/N-ethyl adjacent to an activating group) is 1. The molecule has 100 valence electrons. The van der Waals surface area contributed by atoms with Gasteiger partial charge < -0.3 is 9.64 Å². The molecule has 0 fully saturated rings. The highest BCUT2D eigenvalue weighted by Gasteiger charge is 2.21. The van der Waals surface area contributed by atoms with Crippen LogP contribution in [0.4, 0.5) is 0 Å². The first kappa shape index (κ1) is 13.5. The number of hydrogen-bond donors (Lipinski definition) is 0. The lowest BCUT2D eigenvalue weighted by molar-refractivity contribution is 0.114. The second-order valence-electron chi connectivity index (χ2n) is 5.59. The second kappa shape index (κ2) is 5.37. The monoisotopic (exact) mass is 248 g/mol. The first-order valence-corrected chi connectivity index (χ1v) is 6.76. The zero-order chi connectivity index (χ0) is 13.3. The molecule has 3 heteroatoms. The van der Waals surface area contributed by atoms with Gasteiger partial charge in [0.25, 0.3) is 0 Å². The molecule has 2 heterocycles. The minimum absolute atomic E-state index is 0.0694. The van der Waals surface area contributed by atoms with Crippen molar-refractivity contribution in [2.24, 2.45) is 0 Å². The Labute approximate surface area is 110 Å². The molecule has 0 radical (unpaired) electrons. The van der Waals surface area contributed by atoms with Crippen molar-refractivity contribution in [3.05, 3.63) is 28.6 Å². The van der Waals surface area contributed by atoms with Crippen LogP contribution in [0.5, 0.6) is 0 Å². The molecular formula is C15H24N2O. The number of ether oxygens (including phenoxy) is 1. The highest BCUT2D eigenvalue weighted by atomic mass is 16.5. The van der Waals surface area contributed by atoms with Crippen molar-refractivity contribution in [3.8, 4) is 0 Å². The van der Waals surface area contributed by atoms with Crippen molar-refractivity contribution in [2.45, 2.75) is 45.8 Å². The van der Waals surface area contributed by atoms with Crippen LogP contribution in [0.2, 0.25) is 0 Å². The summed E-state index contributed by atoms with van der Waals surface area (Å²) in [6.45, 7) is 8.62. The SMILES string of the molecule is COC(C)c1nc2c(cc1C(C)C)CCN(C)C2. The van der Waals surface area contributed by atoms with Gasteiger partial charge in [0.15, 0.2) is 0 Å². The molecule has 0 saturated heterocycles. The Morgan fingerprint density at radius 1 is 1.33 bits per heavy atom. The quantitative estimate of drug-likeness (QED) is 0.822. The fourth-order valence-corrected chi connectivity index (χ4v) is 2.53. The first-order chi connectivity index (χ1) is 8.52. The van der Waals surface area contributed by atoms with Crippen molar-refractivity contribution < 1.29 is 4.74 Å². The summed E-state index contributed by atoms with van der Waals surface area (Å²) < 4.78 is 5.47. The Hall–Kier alpha value is -0.930. The van der Waals surface area contributed by atoms with Gasteiger partial charge in [-0.05, 0) is 37.4 Å². The van der Waals surface area contributed by atoms with E-state index in [1.165, 1.54) is 16.8 Å². The number of hydrogen-bond acceptors (Lipinski definition) is 3. The molecule has 0 saturated carbocycles. The van der Waals surface area contributed by atoms with Gasteiger partial charge in [0, 0.05) is 20.2 Å². The maximum absolute atomic E-state index is 5.47. The van der Waals surface area contributed by atoms with E-state index >= 15 is 0 Å². The summed E-state index contributed by atoms with van der Waals surface area (Å²) >= 11 is 0. The van der Waals surface area contributed by atoms with E-state index in [4.69, 9.17) is 9.72 Å². The van der Waals surface area contributed by atoms with E-state index in [2.05, 4.69) is 38.8 Å². The maximum atomic E-state index is 5.47. The average Bonchev–Trinajstić information content (AvgIpc) is 2.35. The number of rotatable bonds is 3. The number of aromatic nitrogens is 1. The molecule has 18 heavy (non-hydrogen) atoms. The minimum Gasteiger partial charge on any atom is -0.375 e. The Kier molecular flexibility index (Phi) is 4.03. The predicted octanol–water partition coefficient (Wildman–Crippen LogP) is 2.90. The van der Waals surface area contributed by atoms with Crippen molar-refractivity contribution in [3.63, 3.8) is 0 Å². The van der Waals surface area contributed by atoms with Crippen LogP contribution < -0.4 is 0 Å². The zero-order valence-corrected chi connectivity index (χ0v) is 12.2. The van der Waals surface area contributed by atoms with Crippen LogP contribution in [0.15, 0.2) is 6.07 Å². The second-order valence-corrected chi connectivity index (χ2v) is 5.59. The van der Waals surface area contributed by atoms with Gasteiger partial charge in [0.1, 0.15) is 0 Å². The highest BCUT2D eigenvalue weighted by Crippen LogP contribution is 2.29. The van der Waals surface area contributed by atoms with E-state index in [-0.39, 0.29) is 6.10 Å². The molecule has 1 aliphatic rings. The van der Waals surface area contributed by atoms with Crippen LogP contribution in [-0.4, -0.2) is 30.6 Å². The first-order valence-electron chi connectivity index (χ1n) is 6.76. The fourth-order valence-electron chi connectivity index (χ4n) is 2.53. The average molecular weight is 248 g/mol. The molecule has 2 rings (SSSR count). The highest BCUT2D eigenvalue weighted by molar-refractivity contribution is 5.35. The topological polar surface area (TPSA) is 25.4 Å². The number of methoxy groups -OCH3 is 1. The van der Waals surface area contributed by atoms with Gasteiger partial charge in [-0.1, -0.05) is 19.9 Å². The molecule has 0 bridgehead atoms. The zero-order valence-electron chi connectivity index (χ0n) is 12.2. The van der Waals surface area contributed by atoms with E-state index in [1.807, 2.05) is 0 Å². The lowest BCUT2D eigenvalue weighted by Gasteiger charge is -2.27. The van der Waals surface area contributed by atoms with Gasteiger partial charge in [-0.15, -0.1) is 0 Å². The van der Waals surface area contributed by atoms with Crippen LogP contribution in [-0.2, 0) is 17.7 Å². The largest absolute Gasteiger partial charge is 0.375 e. The summed E-state index contributed by atoms with van der Waals surface area (Å²) in [5.41, 5.74) is 5.10. The molecule has 1 aliphatic heterocycles. The molecule has 0 N–H and O–H groups in total.